The molecule has 2 heterocycles. The van der Waals surface area contributed by atoms with Crippen molar-refractivity contribution in [1.29, 1.82) is 0 Å². The van der Waals surface area contributed by atoms with Crippen molar-refractivity contribution in [2.75, 3.05) is 32.8 Å². The van der Waals surface area contributed by atoms with Gasteiger partial charge >= 0.3 is 0 Å². The SMILES string of the molecule is I.NC(N)=NCC1(N2CCCC2)CCOCC1. The van der Waals surface area contributed by atoms with E-state index in [0.29, 0.717) is 0 Å². The van der Waals surface area contributed by atoms with Gasteiger partial charge in [-0.1, -0.05) is 0 Å². The normalized spacial score (nSPS) is 24.0. The summed E-state index contributed by atoms with van der Waals surface area (Å²) in [6.45, 7) is 4.74. The lowest BCUT2D eigenvalue weighted by molar-refractivity contribution is -0.0138. The van der Waals surface area contributed by atoms with E-state index >= 15 is 0 Å². The van der Waals surface area contributed by atoms with Crippen molar-refractivity contribution in [2.24, 2.45) is 16.5 Å². The molecule has 0 aromatic heterocycles. The molecule has 2 aliphatic heterocycles. The third-order valence-electron chi connectivity index (χ3n) is 3.76. The Morgan fingerprint density at radius 2 is 1.76 bits per heavy atom. The number of halogens is 1. The first-order valence-corrected chi connectivity index (χ1v) is 6.11. The van der Waals surface area contributed by atoms with E-state index in [1.54, 1.807) is 0 Å². The average molecular weight is 354 g/mol. The van der Waals surface area contributed by atoms with E-state index in [4.69, 9.17) is 16.2 Å². The van der Waals surface area contributed by atoms with Crippen LogP contribution in [0.1, 0.15) is 25.7 Å². The molecular weight excluding hydrogens is 331 g/mol. The van der Waals surface area contributed by atoms with Gasteiger partial charge in [-0.3, -0.25) is 9.89 Å². The molecule has 4 N–H and O–H groups in total. The van der Waals surface area contributed by atoms with Gasteiger partial charge in [-0.2, -0.15) is 0 Å². The van der Waals surface area contributed by atoms with Gasteiger partial charge in [0.1, 0.15) is 0 Å². The summed E-state index contributed by atoms with van der Waals surface area (Å²) in [4.78, 5) is 6.80. The maximum atomic E-state index is 5.45. The molecule has 100 valence electrons. The summed E-state index contributed by atoms with van der Waals surface area (Å²) in [5, 5.41) is 0. The monoisotopic (exact) mass is 354 g/mol. The predicted octanol–water partition coefficient (Wildman–Crippen LogP) is 0.523. The van der Waals surface area contributed by atoms with Crippen LogP contribution in [0.15, 0.2) is 4.99 Å². The molecule has 0 radical (unpaired) electrons. The first-order valence-electron chi connectivity index (χ1n) is 6.11. The molecule has 2 saturated heterocycles. The van der Waals surface area contributed by atoms with Crippen LogP contribution in [0.3, 0.4) is 0 Å². The first kappa shape index (κ1) is 15.0. The molecule has 2 rings (SSSR count). The molecule has 2 fully saturated rings. The zero-order chi connectivity index (χ0) is 11.4. The highest BCUT2D eigenvalue weighted by molar-refractivity contribution is 14.0. The minimum absolute atomic E-state index is 0. The van der Waals surface area contributed by atoms with E-state index in [1.807, 2.05) is 0 Å². The van der Waals surface area contributed by atoms with Crippen molar-refractivity contribution in [3.63, 3.8) is 0 Å². The van der Waals surface area contributed by atoms with E-state index in [1.165, 1.54) is 25.9 Å². The number of nitrogens with two attached hydrogens (primary N) is 2. The smallest absolute Gasteiger partial charge is 0.185 e. The second-order valence-corrected chi connectivity index (χ2v) is 4.77. The molecule has 0 aromatic rings. The summed E-state index contributed by atoms with van der Waals surface area (Å²) in [6, 6.07) is 0. The van der Waals surface area contributed by atoms with Crippen molar-refractivity contribution in [1.82, 2.24) is 4.90 Å². The Labute approximate surface area is 120 Å². The Morgan fingerprint density at radius 3 is 2.29 bits per heavy atom. The number of hydrogen-bond acceptors (Lipinski definition) is 3. The van der Waals surface area contributed by atoms with Crippen LogP contribution in [-0.2, 0) is 4.74 Å². The molecule has 0 aliphatic carbocycles. The molecule has 0 unspecified atom stereocenters. The lowest BCUT2D eigenvalue weighted by Gasteiger charge is -2.43. The minimum atomic E-state index is 0. The first-order chi connectivity index (χ1) is 7.73. The molecular formula is C11H23IN4O. The Kier molecular flexibility index (Phi) is 5.94. The standard InChI is InChI=1S/C11H22N4O.HI/c12-10(13)14-9-11(3-7-16-8-4-11)15-5-1-2-6-15;/h1-9H2,(H4,12,13,14);1H. The molecule has 2 aliphatic rings. The second kappa shape index (κ2) is 6.75. The highest BCUT2D eigenvalue weighted by Gasteiger charge is 2.39. The number of likely N-dealkylation sites (tertiary alicyclic amines) is 1. The van der Waals surface area contributed by atoms with Gasteiger partial charge in [0.25, 0.3) is 0 Å². The summed E-state index contributed by atoms with van der Waals surface area (Å²) in [5.74, 6) is 0.199. The van der Waals surface area contributed by atoms with Gasteiger partial charge < -0.3 is 16.2 Å². The summed E-state index contributed by atoms with van der Waals surface area (Å²) >= 11 is 0. The van der Waals surface area contributed by atoms with Crippen molar-refractivity contribution >= 4 is 29.9 Å². The number of ether oxygens (including phenoxy) is 1. The van der Waals surface area contributed by atoms with Crippen LogP contribution in [0, 0.1) is 0 Å². The average Bonchev–Trinajstić information content (AvgIpc) is 2.82. The molecule has 6 heteroatoms. The van der Waals surface area contributed by atoms with Crippen LogP contribution in [-0.4, -0.2) is 49.2 Å². The number of aliphatic imine (C=N–C) groups is 1. The van der Waals surface area contributed by atoms with Crippen molar-refractivity contribution in [3.8, 4) is 0 Å². The number of guanidine groups is 1. The Balaban J connectivity index is 0.00000144. The van der Waals surface area contributed by atoms with Gasteiger partial charge in [-0.25, -0.2) is 0 Å². The fourth-order valence-electron chi connectivity index (χ4n) is 2.76. The second-order valence-electron chi connectivity index (χ2n) is 4.77. The topological polar surface area (TPSA) is 76.9 Å². The van der Waals surface area contributed by atoms with Gasteiger partial charge in [0.15, 0.2) is 5.96 Å². The summed E-state index contributed by atoms with van der Waals surface area (Å²) in [7, 11) is 0. The molecule has 0 bridgehead atoms. The predicted molar refractivity (Wildman–Crippen MR) is 79.7 cm³/mol. The largest absolute Gasteiger partial charge is 0.381 e. The van der Waals surface area contributed by atoms with E-state index < -0.39 is 0 Å². The maximum Gasteiger partial charge on any atom is 0.185 e. The molecule has 0 aromatic carbocycles. The van der Waals surface area contributed by atoms with Gasteiger partial charge in [-0.15, -0.1) is 24.0 Å². The van der Waals surface area contributed by atoms with Crippen LogP contribution < -0.4 is 11.5 Å². The number of rotatable bonds is 3. The van der Waals surface area contributed by atoms with Crippen molar-refractivity contribution in [3.05, 3.63) is 0 Å². The van der Waals surface area contributed by atoms with Crippen LogP contribution in [0.4, 0.5) is 0 Å². The Bertz CT molecular complexity index is 256. The van der Waals surface area contributed by atoms with E-state index in [2.05, 4.69) is 9.89 Å². The van der Waals surface area contributed by atoms with Gasteiger partial charge in [0.2, 0.25) is 0 Å². The number of hydrogen-bond donors (Lipinski definition) is 2. The Morgan fingerprint density at radius 1 is 1.18 bits per heavy atom. The molecule has 17 heavy (non-hydrogen) atoms. The summed E-state index contributed by atoms with van der Waals surface area (Å²) in [6.07, 6.45) is 4.68. The lowest BCUT2D eigenvalue weighted by Crippen LogP contribution is -2.53. The molecule has 0 saturated carbocycles. The Hall–Kier alpha value is -0.0800. The zero-order valence-corrected chi connectivity index (χ0v) is 12.6. The number of nitrogens with zero attached hydrogens (tertiary/aromatic N) is 2. The lowest BCUT2D eigenvalue weighted by atomic mass is 9.88. The van der Waals surface area contributed by atoms with Gasteiger partial charge in [0.05, 0.1) is 6.54 Å². The molecule has 5 nitrogen and oxygen atoms in total. The molecule has 0 amide bonds. The van der Waals surface area contributed by atoms with Crippen LogP contribution in [0.5, 0.6) is 0 Å². The van der Waals surface area contributed by atoms with Crippen LogP contribution >= 0.6 is 24.0 Å². The highest BCUT2D eigenvalue weighted by atomic mass is 127. The van der Waals surface area contributed by atoms with Gasteiger partial charge in [0, 0.05) is 18.8 Å². The van der Waals surface area contributed by atoms with E-state index in [9.17, 15) is 0 Å². The molecule has 0 spiro atoms. The third-order valence-corrected chi connectivity index (χ3v) is 3.76. The van der Waals surface area contributed by atoms with Crippen LogP contribution in [0.2, 0.25) is 0 Å². The highest BCUT2D eigenvalue weighted by Crippen LogP contribution is 2.31. The minimum Gasteiger partial charge on any atom is -0.381 e. The fourth-order valence-corrected chi connectivity index (χ4v) is 2.76. The third kappa shape index (κ3) is 3.69. The van der Waals surface area contributed by atoms with E-state index in [0.717, 1.165) is 32.6 Å². The van der Waals surface area contributed by atoms with Crippen LogP contribution in [0.25, 0.3) is 0 Å². The van der Waals surface area contributed by atoms with E-state index in [-0.39, 0.29) is 35.5 Å². The maximum absolute atomic E-state index is 5.45. The van der Waals surface area contributed by atoms with Gasteiger partial charge in [-0.05, 0) is 38.8 Å². The summed E-state index contributed by atoms with van der Waals surface area (Å²) in [5.41, 5.74) is 11.0. The van der Waals surface area contributed by atoms with Crippen molar-refractivity contribution < 1.29 is 4.74 Å². The summed E-state index contributed by atoms with van der Waals surface area (Å²) < 4.78 is 5.45. The van der Waals surface area contributed by atoms with Crippen molar-refractivity contribution in [2.45, 2.75) is 31.2 Å². The zero-order valence-electron chi connectivity index (χ0n) is 10.2. The molecule has 0 atom stereocenters. The fraction of sp³-hybridized carbons (Fsp3) is 0.909. The quantitative estimate of drug-likeness (QED) is 0.440.